The highest BCUT2D eigenvalue weighted by molar-refractivity contribution is 8.18. The fourth-order valence-corrected chi connectivity index (χ4v) is 4.61. The van der Waals surface area contributed by atoms with Crippen LogP contribution in [0.15, 0.2) is 64.5 Å². The lowest BCUT2D eigenvalue weighted by Gasteiger charge is -2.13. The number of hydrogen-bond acceptors (Lipinski definition) is 6. The van der Waals surface area contributed by atoms with Gasteiger partial charge in [-0.1, -0.05) is 46.9 Å². The Bertz CT molecular complexity index is 1360. The number of rotatable bonds is 8. The van der Waals surface area contributed by atoms with Crippen LogP contribution in [0.25, 0.3) is 6.08 Å². The van der Waals surface area contributed by atoms with E-state index in [4.69, 9.17) is 49.0 Å². The summed E-state index contributed by atoms with van der Waals surface area (Å²) in [5.74, 6) is 1.44. The Balaban J connectivity index is 1.52. The molecule has 10 heteroatoms. The largest absolute Gasteiger partial charge is 0.494 e. The maximum atomic E-state index is 12.6. The summed E-state index contributed by atoms with van der Waals surface area (Å²) in [6, 6.07) is 15.9. The van der Waals surface area contributed by atoms with Crippen LogP contribution in [0.4, 0.5) is 5.69 Å². The third-order valence-electron chi connectivity index (χ3n) is 4.96. The number of thioether (sulfide) groups is 1. The molecule has 6 nitrogen and oxygen atoms in total. The minimum absolute atomic E-state index is 0.252. The number of carbonyl (C=O) groups is 1. The van der Waals surface area contributed by atoms with Crippen LogP contribution in [-0.4, -0.2) is 24.8 Å². The predicted molar refractivity (Wildman–Crippen MR) is 147 cm³/mol. The molecule has 0 aliphatic carbocycles. The van der Waals surface area contributed by atoms with Gasteiger partial charge < -0.3 is 19.5 Å². The minimum Gasteiger partial charge on any atom is -0.494 e. The predicted octanol–water partition coefficient (Wildman–Crippen LogP) is 7.52. The number of methoxy groups -OCH3 is 1. The molecule has 3 aromatic rings. The van der Waals surface area contributed by atoms with Crippen LogP contribution in [0.3, 0.4) is 0 Å². The van der Waals surface area contributed by atoms with Crippen molar-refractivity contribution < 1.29 is 19.0 Å². The lowest BCUT2D eigenvalue weighted by Crippen LogP contribution is -2.19. The molecule has 0 unspecified atom stereocenters. The number of hydrogen-bond donors (Lipinski definition) is 1. The molecule has 0 aromatic heterocycles. The molecule has 1 saturated heterocycles. The lowest BCUT2D eigenvalue weighted by atomic mass is 10.2. The van der Waals surface area contributed by atoms with E-state index in [1.54, 1.807) is 49.6 Å². The van der Waals surface area contributed by atoms with Crippen molar-refractivity contribution >= 4 is 69.4 Å². The summed E-state index contributed by atoms with van der Waals surface area (Å²) in [7, 11) is 1.55. The van der Waals surface area contributed by atoms with E-state index in [0.29, 0.717) is 61.3 Å². The molecule has 1 fully saturated rings. The van der Waals surface area contributed by atoms with Crippen molar-refractivity contribution in [1.82, 2.24) is 5.32 Å². The Kier molecular flexibility index (Phi) is 8.69. The van der Waals surface area contributed by atoms with Crippen LogP contribution >= 0.6 is 46.6 Å². The van der Waals surface area contributed by atoms with E-state index < -0.39 is 0 Å². The van der Waals surface area contributed by atoms with Crippen LogP contribution in [0.1, 0.15) is 18.1 Å². The molecule has 1 amide bonds. The Labute approximate surface area is 228 Å². The SMILES string of the molecule is CCOc1cc(/C=C2\SC(=Nc3cc(Cl)ccc3OC)NC2=O)ccc1OCc1ccc(Cl)c(Cl)c1. The van der Waals surface area contributed by atoms with Gasteiger partial charge in [0.1, 0.15) is 18.0 Å². The molecule has 0 bridgehead atoms. The zero-order chi connectivity index (χ0) is 25.7. The van der Waals surface area contributed by atoms with E-state index in [9.17, 15) is 4.79 Å². The monoisotopic (exact) mass is 562 g/mol. The molecule has 3 aromatic carbocycles. The molecular formula is C26H21Cl3N2O4S. The number of nitrogens with zero attached hydrogens (tertiary/aromatic N) is 1. The standard InChI is InChI=1S/C26H21Cl3N2O4S/c1-3-34-23-11-15(5-8-22(23)35-14-16-4-7-18(28)19(29)10-16)12-24-25(32)31-26(36-24)30-20-13-17(27)6-9-21(20)33-2/h4-13H,3,14H2,1-2H3,(H,30,31,32)/b24-12-. The molecule has 36 heavy (non-hydrogen) atoms. The lowest BCUT2D eigenvalue weighted by molar-refractivity contribution is -0.115. The normalized spacial score (nSPS) is 15.3. The second kappa shape index (κ2) is 11.9. The van der Waals surface area contributed by atoms with Crippen molar-refractivity contribution in [2.45, 2.75) is 13.5 Å². The number of aliphatic imine (C=N–C) groups is 1. The highest BCUT2D eigenvalue weighted by Crippen LogP contribution is 2.35. The first kappa shape index (κ1) is 26.2. The first-order valence-corrected chi connectivity index (χ1v) is 12.8. The average Bonchev–Trinajstić information content (AvgIpc) is 3.19. The summed E-state index contributed by atoms with van der Waals surface area (Å²) in [5.41, 5.74) is 2.18. The van der Waals surface area contributed by atoms with Gasteiger partial charge >= 0.3 is 0 Å². The molecule has 186 valence electrons. The Morgan fingerprint density at radius 2 is 1.75 bits per heavy atom. The summed E-state index contributed by atoms with van der Waals surface area (Å²) in [4.78, 5) is 17.6. The number of nitrogens with one attached hydrogen (secondary N) is 1. The Hall–Kier alpha value is -2.84. The maximum absolute atomic E-state index is 12.6. The van der Waals surface area contributed by atoms with Gasteiger partial charge in [-0.2, -0.15) is 0 Å². The highest BCUT2D eigenvalue weighted by Gasteiger charge is 2.24. The summed E-state index contributed by atoms with van der Waals surface area (Å²) in [6.07, 6.45) is 1.77. The van der Waals surface area contributed by atoms with E-state index in [2.05, 4.69) is 10.3 Å². The summed E-state index contributed by atoms with van der Waals surface area (Å²) in [5, 5.41) is 4.67. The van der Waals surface area contributed by atoms with Crippen LogP contribution in [0.2, 0.25) is 15.1 Å². The van der Waals surface area contributed by atoms with Gasteiger partial charge in [0.05, 0.1) is 28.7 Å². The zero-order valence-corrected chi connectivity index (χ0v) is 22.4. The van der Waals surface area contributed by atoms with Gasteiger partial charge in [-0.25, -0.2) is 4.99 Å². The molecule has 1 aliphatic rings. The summed E-state index contributed by atoms with van der Waals surface area (Å²) >= 11 is 19.4. The quantitative estimate of drug-likeness (QED) is 0.287. The van der Waals surface area contributed by atoms with Crippen molar-refractivity contribution in [3.8, 4) is 17.2 Å². The molecular weight excluding hydrogens is 543 g/mol. The first-order chi connectivity index (χ1) is 17.4. The minimum atomic E-state index is -0.252. The second-order valence-corrected chi connectivity index (χ2v) is 9.76. The van der Waals surface area contributed by atoms with Gasteiger partial charge in [0, 0.05) is 5.02 Å². The van der Waals surface area contributed by atoms with Gasteiger partial charge in [0.15, 0.2) is 16.7 Å². The van der Waals surface area contributed by atoms with E-state index in [0.717, 1.165) is 11.1 Å². The third-order valence-corrected chi connectivity index (χ3v) is 6.84. The number of benzene rings is 3. The molecule has 4 rings (SSSR count). The van der Waals surface area contributed by atoms with Crippen LogP contribution in [0, 0.1) is 0 Å². The number of amidine groups is 1. The van der Waals surface area contributed by atoms with Crippen molar-refractivity contribution in [2.24, 2.45) is 4.99 Å². The van der Waals surface area contributed by atoms with Gasteiger partial charge in [0.25, 0.3) is 5.91 Å². The highest BCUT2D eigenvalue weighted by atomic mass is 35.5. The number of carbonyl (C=O) groups excluding carboxylic acids is 1. The topological polar surface area (TPSA) is 69.2 Å². The summed E-state index contributed by atoms with van der Waals surface area (Å²) < 4.78 is 17.1. The molecule has 1 N–H and O–H groups in total. The van der Waals surface area contributed by atoms with Gasteiger partial charge in [-0.15, -0.1) is 0 Å². The van der Waals surface area contributed by atoms with Crippen LogP contribution in [0.5, 0.6) is 17.2 Å². The number of halogens is 3. The smallest absolute Gasteiger partial charge is 0.264 e. The Morgan fingerprint density at radius 1 is 0.944 bits per heavy atom. The van der Waals surface area contributed by atoms with E-state index in [-0.39, 0.29) is 5.91 Å². The fraction of sp³-hybridized carbons (Fsp3) is 0.154. The molecule has 1 aliphatic heterocycles. The first-order valence-electron chi connectivity index (χ1n) is 10.8. The van der Waals surface area contributed by atoms with Crippen LogP contribution in [-0.2, 0) is 11.4 Å². The molecule has 0 atom stereocenters. The average molecular weight is 564 g/mol. The Morgan fingerprint density at radius 3 is 2.50 bits per heavy atom. The fourth-order valence-electron chi connectivity index (χ4n) is 3.28. The van der Waals surface area contributed by atoms with Gasteiger partial charge in [0.2, 0.25) is 0 Å². The number of ether oxygens (including phenoxy) is 3. The van der Waals surface area contributed by atoms with Crippen molar-refractivity contribution in [3.05, 3.63) is 85.7 Å². The summed E-state index contributed by atoms with van der Waals surface area (Å²) in [6.45, 7) is 2.64. The second-order valence-electron chi connectivity index (χ2n) is 7.47. The van der Waals surface area contributed by atoms with Crippen molar-refractivity contribution in [3.63, 3.8) is 0 Å². The van der Waals surface area contributed by atoms with Gasteiger partial charge in [-0.3, -0.25) is 4.79 Å². The molecule has 0 radical (unpaired) electrons. The molecule has 1 heterocycles. The maximum Gasteiger partial charge on any atom is 0.264 e. The van der Waals surface area contributed by atoms with Crippen LogP contribution < -0.4 is 19.5 Å². The van der Waals surface area contributed by atoms with E-state index in [1.165, 1.54) is 11.8 Å². The van der Waals surface area contributed by atoms with Crippen molar-refractivity contribution in [1.29, 1.82) is 0 Å². The van der Waals surface area contributed by atoms with E-state index >= 15 is 0 Å². The van der Waals surface area contributed by atoms with Crippen molar-refractivity contribution in [2.75, 3.05) is 13.7 Å². The number of amides is 1. The molecule has 0 spiro atoms. The molecule has 0 saturated carbocycles. The van der Waals surface area contributed by atoms with E-state index in [1.807, 2.05) is 25.1 Å². The third kappa shape index (κ3) is 6.48. The zero-order valence-electron chi connectivity index (χ0n) is 19.3. The van der Waals surface area contributed by atoms with Gasteiger partial charge in [-0.05, 0) is 78.4 Å².